The molecule has 1 heteroatoms. The second-order valence-electron chi connectivity index (χ2n) is 6.50. The van der Waals surface area contributed by atoms with Crippen molar-refractivity contribution in [3.8, 4) is 22.3 Å². The Hall–Kier alpha value is -2.77. The van der Waals surface area contributed by atoms with Crippen molar-refractivity contribution < 1.29 is 1.37 Å². The number of thioether (sulfide) groups is 1. The second-order valence-corrected chi connectivity index (χ2v) is 7.92. The quantitative estimate of drug-likeness (QED) is 0.323. The summed E-state index contributed by atoms with van der Waals surface area (Å²) in [6.45, 7) is 2.20. The summed E-state index contributed by atoms with van der Waals surface area (Å²) < 4.78 is 9.06. The summed E-state index contributed by atoms with van der Waals surface area (Å²) in [6, 6.07) is 35.9. The summed E-state index contributed by atoms with van der Waals surface area (Å²) in [6.07, 6.45) is 0. The van der Waals surface area contributed by atoms with Gasteiger partial charge in [-0.2, -0.15) is 0 Å². The van der Waals surface area contributed by atoms with Crippen molar-refractivity contribution in [3.63, 3.8) is 0 Å². The van der Waals surface area contributed by atoms with E-state index in [-0.39, 0.29) is 5.25 Å². The van der Waals surface area contributed by atoms with Gasteiger partial charge in [0.2, 0.25) is 0 Å². The molecule has 0 spiro atoms. The molecule has 0 nitrogen and oxygen atoms in total. The third-order valence-corrected chi connectivity index (χ3v) is 5.74. The Morgan fingerprint density at radius 1 is 0.630 bits per heavy atom. The molecule has 1 atom stereocenters. The lowest BCUT2D eigenvalue weighted by atomic mass is 9.93. The van der Waals surface area contributed by atoms with Crippen molar-refractivity contribution in [2.45, 2.75) is 17.1 Å². The largest absolute Gasteiger partial charge is 0.118 e. The first-order valence-corrected chi connectivity index (χ1v) is 10.1. The first kappa shape index (κ1) is 16.4. The molecule has 4 aromatic carbocycles. The Balaban J connectivity index is 1.84. The molecule has 0 saturated heterocycles. The molecule has 0 radical (unpaired) electrons. The standard InChI is InChI=1S/C26H22S/c1-20(27-24-15-9-4-10-16-24)26-19-23(21-11-5-2-6-12-21)17-18-25(26)22-13-7-3-8-14-22/h2-20H,1H3/i19D. The third kappa shape index (κ3) is 4.15. The fourth-order valence-corrected chi connectivity index (χ4v) is 4.28. The third-order valence-electron chi connectivity index (χ3n) is 4.61. The normalized spacial score (nSPS) is 12.4. The highest BCUT2D eigenvalue weighted by atomic mass is 32.2. The van der Waals surface area contributed by atoms with Crippen molar-refractivity contribution in [1.29, 1.82) is 0 Å². The molecular formula is C26H22S. The molecule has 0 aliphatic carbocycles. The van der Waals surface area contributed by atoms with Gasteiger partial charge in [-0.15, -0.1) is 11.8 Å². The zero-order valence-corrected chi connectivity index (χ0v) is 16.1. The van der Waals surface area contributed by atoms with E-state index in [0.29, 0.717) is 6.04 Å². The summed E-state index contributed by atoms with van der Waals surface area (Å²) >= 11 is 1.80. The lowest BCUT2D eigenvalue weighted by molar-refractivity contribution is 1.10. The van der Waals surface area contributed by atoms with E-state index in [9.17, 15) is 0 Å². The van der Waals surface area contributed by atoms with Gasteiger partial charge in [-0.1, -0.05) is 91.0 Å². The highest BCUT2D eigenvalue weighted by molar-refractivity contribution is 7.99. The van der Waals surface area contributed by atoms with Crippen molar-refractivity contribution in [3.05, 3.63) is 115 Å². The van der Waals surface area contributed by atoms with Gasteiger partial charge in [-0.3, -0.25) is 0 Å². The SMILES string of the molecule is [2H]c1c(-c2ccccc2)ccc(-c2ccccc2)c1C(C)Sc1ccccc1. The van der Waals surface area contributed by atoms with Crippen molar-refractivity contribution >= 4 is 11.8 Å². The number of hydrogen-bond acceptors (Lipinski definition) is 1. The molecule has 0 N–H and O–H groups in total. The maximum Gasteiger partial charge on any atom is 0.0633 e. The Labute approximate surface area is 167 Å². The van der Waals surface area contributed by atoms with Crippen molar-refractivity contribution in [2.75, 3.05) is 0 Å². The molecule has 0 heterocycles. The van der Waals surface area contributed by atoms with E-state index in [0.717, 1.165) is 27.8 Å². The Morgan fingerprint density at radius 2 is 1.19 bits per heavy atom. The lowest BCUT2D eigenvalue weighted by Crippen LogP contribution is -1.95. The van der Waals surface area contributed by atoms with E-state index in [1.165, 1.54) is 4.90 Å². The summed E-state index contributed by atoms with van der Waals surface area (Å²) in [5.41, 5.74) is 5.45. The van der Waals surface area contributed by atoms with Crippen LogP contribution in [0.4, 0.5) is 0 Å². The number of rotatable bonds is 5. The Morgan fingerprint density at radius 3 is 1.81 bits per heavy atom. The molecule has 0 bridgehead atoms. The van der Waals surface area contributed by atoms with Gasteiger partial charge in [0.05, 0.1) is 1.37 Å². The summed E-state index contributed by atoms with van der Waals surface area (Å²) in [5, 5.41) is 0.161. The summed E-state index contributed by atoms with van der Waals surface area (Å²) in [5.74, 6) is 0. The minimum atomic E-state index is 0.161. The molecule has 0 amide bonds. The predicted octanol–water partition coefficient (Wildman–Crippen LogP) is 7.87. The van der Waals surface area contributed by atoms with Crippen LogP contribution < -0.4 is 0 Å². The van der Waals surface area contributed by atoms with Gasteiger partial charge < -0.3 is 0 Å². The molecule has 0 aliphatic rings. The van der Waals surface area contributed by atoms with Crippen LogP contribution in [0, 0.1) is 0 Å². The summed E-state index contributed by atoms with van der Waals surface area (Å²) in [4.78, 5) is 1.22. The van der Waals surface area contributed by atoms with E-state index >= 15 is 0 Å². The van der Waals surface area contributed by atoms with Gasteiger partial charge in [-0.05, 0) is 52.9 Å². The van der Waals surface area contributed by atoms with Gasteiger partial charge in [0, 0.05) is 10.1 Å². The lowest BCUT2D eigenvalue weighted by Gasteiger charge is -2.18. The highest BCUT2D eigenvalue weighted by Crippen LogP contribution is 2.41. The van der Waals surface area contributed by atoms with Crippen molar-refractivity contribution in [1.82, 2.24) is 0 Å². The zero-order valence-electron chi connectivity index (χ0n) is 16.3. The fraction of sp³-hybridized carbons (Fsp3) is 0.0769. The van der Waals surface area contributed by atoms with Gasteiger partial charge in [0.1, 0.15) is 0 Å². The van der Waals surface area contributed by atoms with Gasteiger partial charge >= 0.3 is 0 Å². The van der Waals surface area contributed by atoms with E-state index in [1.807, 2.05) is 30.3 Å². The molecule has 1 unspecified atom stereocenters. The first-order chi connectivity index (χ1) is 13.7. The molecule has 0 aliphatic heterocycles. The van der Waals surface area contributed by atoms with E-state index in [1.54, 1.807) is 11.8 Å². The monoisotopic (exact) mass is 367 g/mol. The van der Waals surface area contributed by atoms with Crippen molar-refractivity contribution in [2.24, 2.45) is 0 Å². The molecule has 0 aromatic heterocycles. The molecule has 4 rings (SSSR count). The minimum absolute atomic E-state index is 0.161. The van der Waals surface area contributed by atoms with Crippen LogP contribution in [0.15, 0.2) is 114 Å². The summed E-state index contributed by atoms with van der Waals surface area (Å²) in [7, 11) is 0. The van der Waals surface area contributed by atoms with Crippen LogP contribution in [-0.2, 0) is 0 Å². The van der Waals surface area contributed by atoms with Crippen LogP contribution in [0.1, 0.15) is 19.1 Å². The van der Waals surface area contributed by atoms with Crippen LogP contribution in [0.5, 0.6) is 0 Å². The Kier molecular flexibility index (Phi) is 5.03. The topological polar surface area (TPSA) is 0 Å². The molecule has 0 saturated carbocycles. The van der Waals surface area contributed by atoms with Gasteiger partial charge in [0.25, 0.3) is 0 Å². The first-order valence-electron chi connectivity index (χ1n) is 9.70. The average Bonchev–Trinajstić information content (AvgIpc) is 2.75. The molecule has 132 valence electrons. The maximum absolute atomic E-state index is 9.06. The number of hydrogen-bond donors (Lipinski definition) is 0. The molecular weight excluding hydrogens is 344 g/mol. The molecule has 0 fully saturated rings. The highest BCUT2D eigenvalue weighted by Gasteiger charge is 2.15. The molecule has 4 aromatic rings. The minimum Gasteiger partial charge on any atom is -0.118 e. The van der Waals surface area contributed by atoms with E-state index in [4.69, 9.17) is 1.37 Å². The fourth-order valence-electron chi connectivity index (χ4n) is 3.25. The predicted molar refractivity (Wildman–Crippen MR) is 118 cm³/mol. The Bertz CT molecular complexity index is 1040. The number of benzene rings is 4. The smallest absolute Gasteiger partial charge is 0.0633 e. The van der Waals surface area contributed by atoms with Gasteiger partial charge in [0.15, 0.2) is 0 Å². The van der Waals surface area contributed by atoms with Crippen LogP contribution in [0.25, 0.3) is 22.3 Å². The van der Waals surface area contributed by atoms with Crippen LogP contribution in [0.3, 0.4) is 0 Å². The zero-order chi connectivity index (χ0) is 19.3. The second kappa shape index (κ2) is 8.28. The van der Waals surface area contributed by atoms with E-state index in [2.05, 4.69) is 79.7 Å². The average molecular weight is 368 g/mol. The van der Waals surface area contributed by atoms with Crippen LogP contribution in [0.2, 0.25) is 0 Å². The van der Waals surface area contributed by atoms with Crippen LogP contribution >= 0.6 is 11.8 Å². The molecule has 27 heavy (non-hydrogen) atoms. The maximum atomic E-state index is 9.06. The van der Waals surface area contributed by atoms with Crippen LogP contribution in [-0.4, -0.2) is 0 Å². The van der Waals surface area contributed by atoms with Gasteiger partial charge in [-0.25, -0.2) is 0 Å². The van der Waals surface area contributed by atoms with E-state index < -0.39 is 0 Å².